The van der Waals surface area contributed by atoms with Gasteiger partial charge in [0, 0.05) is 43.1 Å². The number of hydrogen-bond donors (Lipinski definition) is 2. The number of alkyl halides is 3. The van der Waals surface area contributed by atoms with Gasteiger partial charge in [0.25, 0.3) is 5.91 Å². The zero-order chi connectivity index (χ0) is 27.1. The lowest BCUT2D eigenvalue weighted by Gasteiger charge is -2.59. The molecule has 0 unspecified atom stereocenters. The number of hydrogen-bond acceptors (Lipinski definition) is 4. The van der Waals surface area contributed by atoms with E-state index in [-0.39, 0.29) is 11.8 Å². The van der Waals surface area contributed by atoms with Gasteiger partial charge in [-0.1, -0.05) is 18.1 Å². The Morgan fingerprint density at radius 1 is 1.13 bits per heavy atom. The van der Waals surface area contributed by atoms with Gasteiger partial charge in [-0.15, -0.1) is 0 Å². The van der Waals surface area contributed by atoms with Crippen molar-refractivity contribution in [1.82, 2.24) is 9.80 Å². The van der Waals surface area contributed by atoms with Gasteiger partial charge >= 0.3 is 6.18 Å². The minimum absolute atomic E-state index is 0.147. The van der Waals surface area contributed by atoms with Crippen molar-refractivity contribution in [2.75, 3.05) is 26.7 Å². The first kappa shape index (κ1) is 26.6. The maximum absolute atomic E-state index is 13.0. The number of halogens is 3. The second kappa shape index (κ2) is 9.94. The van der Waals surface area contributed by atoms with Crippen molar-refractivity contribution in [3.8, 4) is 17.6 Å². The molecule has 1 heterocycles. The third-order valence-electron chi connectivity index (χ3n) is 8.71. The number of likely N-dealkylation sites (tertiary alicyclic amines) is 1. The summed E-state index contributed by atoms with van der Waals surface area (Å²) < 4.78 is 38.4. The largest absolute Gasteiger partial charge is 0.508 e. The van der Waals surface area contributed by atoms with Crippen LogP contribution in [0.2, 0.25) is 0 Å². The van der Waals surface area contributed by atoms with E-state index in [0.29, 0.717) is 31.4 Å². The fraction of sp³-hybridized carbons (Fsp3) is 0.500. The van der Waals surface area contributed by atoms with Gasteiger partial charge in [0.2, 0.25) is 0 Å². The SMILES string of the molecule is CN(C(=O)C#Cc1ccc(C(F)(F)F)cc1)[C@@H]1CC[C@]2(O)CN(CC3CC3)CC[C@@]2(c2cccc(O)c2)C1. The first-order valence-electron chi connectivity index (χ1n) is 13.2. The molecule has 2 N–H and O–H groups in total. The number of nitrogens with zero attached hydrogens (tertiary/aromatic N) is 2. The molecular formula is C30H33F3N2O3. The quantitative estimate of drug-likeness (QED) is 0.574. The molecule has 202 valence electrons. The van der Waals surface area contributed by atoms with Crippen LogP contribution in [-0.4, -0.2) is 64.2 Å². The standard InChI is InChI=1S/C30H33F3N2O3/c1-34(27(37)12-9-21-7-10-23(11-8-21)30(31,32)33)25-13-14-29(38)20-35(19-22-5-6-22)16-15-28(29,18-25)24-3-2-4-26(36)17-24/h2-4,7-8,10-11,17,22,25,36,38H,5-6,13-16,18-20H2,1H3/t25-,28+,29+/m1/s1. The normalized spacial score (nSPS) is 27.7. The van der Waals surface area contributed by atoms with Gasteiger partial charge < -0.3 is 20.0 Å². The third kappa shape index (κ3) is 5.27. The number of amides is 1. The Morgan fingerprint density at radius 3 is 2.53 bits per heavy atom. The number of β-amino-alcohol motifs (C(OH)–C–C–N with tert-alkyl or cyclic N) is 1. The van der Waals surface area contributed by atoms with Crippen LogP contribution in [0.15, 0.2) is 48.5 Å². The molecule has 0 spiro atoms. The minimum atomic E-state index is -4.43. The van der Waals surface area contributed by atoms with Crippen LogP contribution in [0, 0.1) is 17.8 Å². The lowest BCUT2D eigenvalue weighted by atomic mass is 9.55. The Morgan fingerprint density at radius 2 is 1.87 bits per heavy atom. The van der Waals surface area contributed by atoms with Crippen molar-refractivity contribution in [2.45, 2.75) is 61.8 Å². The summed E-state index contributed by atoms with van der Waals surface area (Å²) in [4.78, 5) is 17.0. The third-order valence-corrected chi connectivity index (χ3v) is 8.71. The topological polar surface area (TPSA) is 64.0 Å². The molecule has 8 heteroatoms. The maximum Gasteiger partial charge on any atom is 0.416 e. The van der Waals surface area contributed by atoms with Crippen molar-refractivity contribution in [1.29, 1.82) is 0 Å². The molecular weight excluding hydrogens is 493 g/mol. The van der Waals surface area contributed by atoms with Crippen LogP contribution < -0.4 is 0 Å². The molecule has 38 heavy (non-hydrogen) atoms. The second-order valence-electron chi connectivity index (χ2n) is 11.2. The summed E-state index contributed by atoms with van der Waals surface area (Å²) in [5, 5.41) is 22.4. The van der Waals surface area contributed by atoms with E-state index < -0.39 is 28.7 Å². The van der Waals surface area contributed by atoms with Crippen molar-refractivity contribution in [2.24, 2.45) is 5.92 Å². The van der Waals surface area contributed by atoms with Crippen LogP contribution in [0.3, 0.4) is 0 Å². The number of carbonyl (C=O) groups excluding carboxylic acids is 1. The molecule has 1 aliphatic heterocycles. The number of rotatable bonds is 4. The predicted octanol–water partition coefficient (Wildman–Crippen LogP) is 4.56. The average molecular weight is 527 g/mol. The van der Waals surface area contributed by atoms with Gasteiger partial charge in [-0.05, 0) is 92.9 Å². The van der Waals surface area contributed by atoms with E-state index in [1.807, 2.05) is 6.07 Å². The molecule has 1 amide bonds. The Bertz CT molecular complexity index is 1250. The number of phenolic OH excluding ortho intramolecular Hbond substituents is 1. The highest BCUT2D eigenvalue weighted by Gasteiger charge is 2.58. The Balaban J connectivity index is 1.36. The van der Waals surface area contributed by atoms with Crippen LogP contribution in [0.25, 0.3) is 0 Å². The Labute approximate surface area is 221 Å². The average Bonchev–Trinajstić information content (AvgIpc) is 3.70. The number of carbonyl (C=O) groups is 1. The maximum atomic E-state index is 13.0. The van der Waals surface area contributed by atoms with E-state index >= 15 is 0 Å². The molecule has 2 saturated carbocycles. The molecule has 0 aromatic heterocycles. The van der Waals surface area contributed by atoms with E-state index in [0.717, 1.165) is 43.1 Å². The summed E-state index contributed by atoms with van der Waals surface area (Å²) in [5.74, 6) is 5.71. The number of piperidine rings is 1. The van der Waals surface area contributed by atoms with E-state index in [2.05, 4.69) is 16.7 Å². The number of benzene rings is 2. The minimum Gasteiger partial charge on any atom is -0.508 e. The van der Waals surface area contributed by atoms with Crippen LogP contribution in [0.5, 0.6) is 5.75 Å². The number of fused-ring (bicyclic) bond motifs is 1. The Hall–Kier alpha value is -3.02. The molecule has 3 aliphatic rings. The molecule has 1 saturated heterocycles. The lowest BCUT2D eigenvalue weighted by molar-refractivity contribution is -0.144. The smallest absolute Gasteiger partial charge is 0.416 e. The molecule has 5 rings (SSSR count). The lowest BCUT2D eigenvalue weighted by Crippen LogP contribution is -2.67. The van der Waals surface area contributed by atoms with Crippen molar-refractivity contribution < 1.29 is 28.2 Å². The van der Waals surface area contributed by atoms with Crippen LogP contribution in [-0.2, 0) is 16.4 Å². The summed E-state index contributed by atoms with van der Waals surface area (Å²) in [7, 11) is 1.69. The summed E-state index contributed by atoms with van der Waals surface area (Å²) in [6, 6.07) is 11.3. The monoisotopic (exact) mass is 526 g/mol. The van der Waals surface area contributed by atoms with E-state index in [1.54, 1.807) is 30.1 Å². The molecule has 0 bridgehead atoms. The van der Waals surface area contributed by atoms with Gasteiger partial charge in [-0.3, -0.25) is 4.79 Å². The highest BCUT2D eigenvalue weighted by molar-refractivity contribution is 5.94. The summed E-state index contributed by atoms with van der Waals surface area (Å²) >= 11 is 0. The Kier molecular flexibility index (Phi) is 6.95. The van der Waals surface area contributed by atoms with Crippen LogP contribution in [0.1, 0.15) is 55.2 Å². The van der Waals surface area contributed by atoms with Gasteiger partial charge in [-0.2, -0.15) is 13.2 Å². The van der Waals surface area contributed by atoms with Gasteiger partial charge in [-0.25, -0.2) is 0 Å². The fourth-order valence-corrected chi connectivity index (χ4v) is 6.31. The molecule has 3 fully saturated rings. The molecule has 0 radical (unpaired) electrons. The highest BCUT2D eigenvalue weighted by atomic mass is 19.4. The van der Waals surface area contributed by atoms with Crippen LogP contribution in [0.4, 0.5) is 13.2 Å². The molecule has 3 atom stereocenters. The van der Waals surface area contributed by atoms with Gasteiger partial charge in [0.15, 0.2) is 0 Å². The van der Waals surface area contributed by atoms with E-state index in [9.17, 15) is 28.2 Å². The molecule has 2 aliphatic carbocycles. The molecule has 2 aromatic rings. The summed E-state index contributed by atoms with van der Waals surface area (Å²) in [5.41, 5.74) is -1.16. The number of aliphatic hydroxyl groups is 1. The zero-order valence-corrected chi connectivity index (χ0v) is 21.5. The van der Waals surface area contributed by atoms with Crippen molar-refractivity contribution >= 4 is 5.91 Å². The van der Waals surface area contributed by atoms with Crippen molar-refractivity contribution in [3.05, 3.63) is 65.2 Å². The highest BCUT2D eigenvalue weighted by Crippen LogP contribution is 2.53. The molecule has 2 aromatic carbocycles. The van der Waals surface area contributed by atoms with Gasteiger partial charge in [0.05, 0.1) is 11.2 Å². The first-order valence-corrected chi connectivity index (χ1v) is 13.2. The fourth-order valence-electron chi connectivity index (χ4n) is 6.31. The van der Waals surface area contributed by atoms with Gasteiger partial charge in [0.1, 0.15) is 5.75 Å². The van der Waals surface area contributed by atoms with Crippen LogP contribution >= 0.6 is 0 Å². The van der Waals surface area contributed by atoms with Crippen molar-refractivity contribution in [3.63, 3.8) is 0 Å². The summed E-state index contributed by atoms with van der Waals surface area (Å²) in [6.07, 6.45) is 0.440. The first-order chi connectivity index (χ1) is 18.0. The van der Waals surface area contributed by atoms with E-state index in [1.165, 1.54) is 25.0 Å². The predicted molar refractivity (Wildman–Crippen MR) is 137 cm³/mol. The second-order valence-corrected chi connectivity index (χ2v) is 11.2. The zero-order valence-electron chi connectivity index (χ0n) is 21.5. The van der Waals surface area contributed by atoms with E-state index in [4.69, 9.17) is 0 Å². The molecule has 5 nitrogen and oxygen atoms in total. The number of phenols is 1. The number of aromatic hydroxyl groups is 1. The summed E-state index contributed by atoms with van der Waals surface area (Å²) in [6.45, 7) is 2.41.